The van der Waals surface area contributed by atoms with Crippen molar-refractivity contribution in [1.29, 1.82) is 0 Å². The van der Waals surface area contributed by atoms with Crippen molar-refractivity contribution in [3.63, 3.8) is 0 Å². The van der Waals surface area contributed by atoms with Crippen LogP contribution in [0.2, 0.25) is 0 Å². The molecule has 1 fully saturated rings. The maximum atomic E-state index is 6.06. The summed E-state index contributed by atoms with van der Waals surface area (Å²) in [5, 5.41) is 0. The summed E-state index contributed by atoms with van der Waals surface area (Å²) in [6.07, 6.45) is 7.80. The molecule has 0 aromatic rings. The Hall–Kier alpha value is -0.0800. The summed E-state index contributed by atoms with van der Waals surface area (Å²) >= 11 is 0. The predicted octanol–water partition coefficient (Wildman–Crippen LogP) is 2.77. The van der Waals surface area contributed by atoms with Crippen LogP contribution in [0, 0.1) is 0 Å². The molecule has 1 saturated heterocycles. The zero-order valence-corrected chi connectivity index (χ0v) is 10.8. The molecule has 0 bridgehead atoms. The summed E-state index contributed by atoms with van der Waals surface area (Å²) in [7, 11) is 0. The highest BCUT2D eigenvalue weighted by Crippen LogP contribution is 2.31. The van der Waals surface area contributed by atoms with Gasteiger partial charge in [0.1, 0.15) is 0 Å². The molecule has 0 aromatic heterocycles. The molecule has 15 heavy (non-hydrogen) atoms. The van der Waals surface area contributed by atoms with E-state index in [9.17, 15) is 0 Å². The first-order valence-corrected chi connectivity index (χ1v) is 6.67. The summed E-state index contributed by atoms with van der Waals surface area (Å²) in [6, 6.07) is 0.730. The topological polar surface area (TPSA) is 29.3 Å². The number of nitrogens with two attached hydrogens (primary N) is 1. The van der Waals surface area contributed by atoms with Crippen LogP contribution >= 0.6 is 0 Å². The average Bonchev–Trinajstić information content (AvgIpc) is 2.27. The van der Waals surface area contributed by atoms with Crippen molar-refractivity contribution < 1.29 is 0 Å². The molecule has 0 radical (unpaired) electrons. The molecule has 1 aliphatic rings. The smallest absolute Gasteiger partial charge is 0.0331 e. The van der Waals surface area contributed by atoms with Crippen molar-refractivity contribution in [3.8, 4) is 0 Å². The summed E-state index contributed by atoms with van der Waals surface area (Å²) in [5.74, 6) is 0. The Labute approximate surface area is 95.2 Å². The van der Waals surface area contributed by atoms with E-state index in [0.29, 0.717) is 0 Å². The maximum absolute atomic E-state index is 6.06. The molecule has 0 saturated carbocycles. The largest absolute Gasteiger partial charge is 0.329 e. The van der Waals surface area contributed by atoms with Crippen molar-refractivity contribution in [1.82, 2.24) is 4.90 Å². The number of rotatable bonds is 5. The third-order valence-corrected chi connectivity index (χ3v) is 4.17. The summed E-state index contributed by atoms with van der Waals surface area (Å²) in [6.45, 7) is 9.02. The van der Waals surface area contributed by atoms with Crippen LogP contribution in [0.25, 0.3) is 0 Å². The monoisotopic (exact) mass is 212 g/mol. The fourth-order valence-electron chi connectivity index (χ4n) is 3.16. The Morgan fingerprint density at radius 1 is 1.33 bits per heavy atom. The lowest BCUT2D eigenvalue weighted by Gasteiger charge is -2.48. The van der Waals surface area contributed by atoms with Gasteiger partial charge in [0.05, 0.1) is 0 Å². The molecular weight excluding hydrogens is 184 g/mol. The molecule has 0 aromatic carbocycles. The van der Waals surface area contributed by atoms with Crippen molar-refractivity contribution in [3.05, 3.63) is 0 Å². The molecule has 0 aliphatic carbocycles. The van der Waals surface area contributed by atoms with Crippen LogP contribution in [0.5, 0.6) is 0 Å². The molecule has 2 unspecified atom stereocenters. The molecule has 1 heterocycles. The second-order valence-corrected chi connectivity index (χ2v) is 5.07. The molecule has 2 nitrogen and oxygen atoms in total. The van der Waals surface area contributed by atoms with Gasteiger partial charge in [-0.25, -0.2) is 0 Å². The van der Waals surface area contributed by atoms with Crippen LogP contribution in [-0.4, -0.2) is 29.6 Å². The van der Waals surface area contributed by atoms with Gasteiger partial charge in [-0.3, -0.25) is 4.90 Å². The van der Waals surface area contributed by atoms with Crippen LogP contribution < -0.4 is 5.73 Å². The van der Waals surface area contributed by atoms with Crippen molar-refractivity contribution in [2.45, 2.75) is 70.9 Å². The third kappa shape index (κ3) is 2.73. The van der Waals surface area contributed by atoms with Crippen LogP contribution in [-0.2, 0) is 0 Å². The van der Waals surface area contributed by atoms with Gasteiger partial charge in [-0.2, -0.15) is 0 Å². The zero-order chi connectivity index (χ0) is 11.3. The fraction of sp³-hybridized carbons (Fsp3) is 1.00. The molecule has 2 heteroatoms. The van der Waals surface area contributed by atoms with E-state index < -0.39 is 0 Å². The van der Waals surface area contributed by atoms with Gasteiger partial charge in [-0.1, -0.05) is 26.7 Å². The van der Waals surface area contributed by atoms with Crippen LogP contribution in [0.3, 0.4) is 0 Å². The minimum atomic E-state index is 0.286. The SMILES string of the molecule is CCCC(CC)(CN)N1CCCCC1C. The summed E-state index contributed by atoms with van der Waals surface area (Å²) in [4.78, 5) is 2.69. The molecule has 90 valence electrons. The van der Waals surface area contributed by atoms with E-state index in [4.69, 9.17) is 5.73 Å². The van der Waals surface area contributed by atoms with Crippen molar-refractivity contribution in [2.24, 2.45) is 5.73 Å². The van der Waals surface area contributed by atoms with E-state index in [-0.39, 0.29) is 5.54 Å². The first-order valence-electron chi connectivity index (χ1n) is 6.67. The first-order chi connectivity index (χ1) is 7.20. The normalized spacial score (nSPS) is 27.6. The summed E-state index contributed by atoms with van der Waals surface area (Å²) in [5.41, 5.74) is 6.34. The lowest BCUT2D eigenvalue weighted by Crippen LogP contribution is -2.58. The second-order valence-electron chi connectivity index (χ2n) is 5.07. The molecule has 2 N–H and O–H groups in total. The van der Waals surface area contributed by atoms with Crippen LogP contribution in [0.4, 0.5) is 0 Å². The minimum Gasteiger partial charge on any atom is -0.329 e. The fourth-order valence-corrected chi connectivity index (χ4v) is 3.16. The molecule has 2 atom stereocenters. The Morgan fingerprint density at radius 2 is 2.07 bits per heavy atom. The van der Waals surface area contributed by atoms with Crippen molar-refractivity contribution in [2.75, 3.05) is 13.1 Å². The number of hydrogen-bond donors (Lipinski definition) is 1. The molecule has 0 amide bonds. The zero-order valence-electron chi connectivity index (χ0n) is 10.8. The molecular formula is C13H28N2. The third-order valence-electron chi connectivity index (χ3n) is 4.17. The predicted molar refractivity (Wildman–Crippen MR) is 67.0 cm³/mol. The number of hydrogen-bond acceptors (Lipinski definition) is 2. The van der Waals surface area contributed by atoms with Gasteiger partial charge in [-0.05, 0) is 39.2 Å². The Balaban J connectivity index is 2.75. The Kier molecular flexibility index (Phi) is 5.07. The highest BCUT2D eigenvalue weighted by Gasteiger charge is 2.36. The van der Waals surface area contributed by atoms with E-state index in [2.05, 4.69) is 25.7 Å². The van der Waals surface area contributed by atoms with Gasteiger partial charge in [0, 0.05) is 18.1 Å². The lowest BCUT2D eigenvalue weighted by molar-refractivity contribution is 0.0198. The number of piperidine rings is 1. The Morgan fingerprint density at radius 3 is 2.53 bits per heavy atom. The average molecular weight is 212 g/mol. The second kappa shape index (κ2) is 5.86. The van der Waals surface area contributed by atoms with Crippen molar-refractivity contribution >= 4 is 0 Å². The van der Waals surface area contributed by atoms with E-state index in [0.717, 1.165) is 12.6 Å². The van der Waals surface area contributed by atoms with Gasteiger partial charge in [0.15, 0.2) is 0 Å². The highest BCUT2D eigenvalue weighted by atomic mass is 15.2. The van der Waals surface area contributed by atoms with Crippen LogP contribution in [0.1, 0.15) is 59.3 Å². The van der Waals surface area contributed by atoms with E-state index >= 15 is 0 Å². The van der Waals surface area contributed by atoms with Crippen LogP contribution in [0.15, 0.2) is 0 Å². The van der Waals surface area contributed by atoms with E-state index in [1.165, 1.54) is 45.1 Å². The summed E-state index contributed by atoms with van der Waals surface area (Å²) < 4.78 is 0. The lowest BCUT2D eigenvalue weighted by atomic mass is 9.85. The van der Waals surface area contributed by atoms with E-state index in [1.807, 2.05) is 0 Å². The first kappa shape index (κ1) is 13.0. The Bertz CT molecular complexity index is 175. The molecule has 1 rings (SSSR count). The number of nitrogens with zero attached hydrogens (tertiary/aromatic N) is 1. The van der Waals surface area contributed by atoms with Gasteiger partial charge < -0.3 is 5.73 Å². The molecule has 0 spiro atoms. The molecule has 1 aliphatic heterocycles. The van der Waals surface area contributed by atoms with Gasteiger partial charge in [0.2, 0.25) is 0 Å². The van der Waals surface area contributed by atoms with Gasteiger partial charge >= 0.3 is 0 Å². The number of likely N-dealkylation sites (tertiary alicyclic amines) is 1. The van der Waals surface area contributed by atoms with Gasteiger partial charge in [-0.15, -0.1) is 0 Å². The van der Waals surface area contributed by atoms with E-state index in [1.54, 1.807) is 0 Å². The standard InChI is InChI=1S/C13H28N2/c1-4-9-13(5-2,11-14)15-10-7-6-8-12(15)3/h12H,4-11,14H2,1-3H3. The van der Waals surface area contributed by atoms with Gasteiger partial charge in [0.25, 0.3) is 0 Å². The quantitative estimate of drug-likeness (QED) is 0.759. The highest BCUT2D eigenvalue weighted by molar-refractivity contribution is 4.94. The minimum absolute atomic E-state index is 0.286. The maximum Gasteiger partial charge on any atom is 0.0331 e.